The molecule has 3 rings (SSSR count). The highest BCUT2D eigenvalue weighted by Crippen LogP contribution is 2.28. The molecule has 158 valence electrons. The summed E-state index contributed by atoms with van der Waals surface area (Å²) < 4.78 is 36.9. The van der Waals surface area contributed by atoms with Gasteiger partial charge in [-0.3, -0.25) is 4.79 Å². The molecule has 0 radical (unpaired) electrons. The second-order valence-electron chi connectivity index (χ2n) is 6.05. The van der Waals surface area contributed by atoms with E-state index in [-0.39, 0.29) is 22.9 Å². The van der Waals surface area contributed by atoms with E-state index in [1.807, 2.05) is 0 Å². The predicted molar refractivity (Wildman–Crippen MR) is 111 cm³/mol. The first-order valence-corrected chi connectivity index (χ1v) is 8.63. The summed E-state index contributed by atoms with van der Waals surface area (Å²) in [6.07, 6.45) is 5.44. The Hall–Kier alpha value is -3.32. The lowest BCUT2D eigenvalue weighted by Crippen LogP contribution is -2.42. The molecule has 0 spiro atoms. The van der Waals surface area contributed by atoms with E-state index in [1.165, 1.54) is 19.3 Å². The van der Waals surface area contributed by atoms with Crippen molar-refractivity contribution in [2.75, 3.05) is 11.9 Å². The fraction of sp³-hybridized carbons (Fsp3) is 0.222. The van der Waals surface area contributed by atoms with Gasteiger partial charge in [-0.25, -0.2) is 15.0 Å². The summed E-state index contributed by atoms with van der Waals surface area (Å²) in [5.41, 5.74) is 1.42. The third kappa shape index (κ3) is 4.75. The van der Waals surface area contributed by atoms with Crippen molar-refractivity contribution in [1.29, 1.82) is 0 Å². The molecule has 1 amide bonds. The van der Waals surface area contributed by atoms with E-state index < -0.39 is 24.7 Å². The van der Waals surface area contributed by atoms with Gasteiger partial charge in [0, 0.05) is 35.2 Å². The molecular formula is C18H22ClF3N6O. The third-order valence-electron chi connectivity index (χ3n) is 3.89. The Labute approximate surface area is 174 Å². The van der Waals surface area contributed by atoms with Crippen LogP contribution < -0.4 is 10.6 Å². The minimum absolute atomic E-state index is 0. The van der Waals surface area contributed by atoms with Crippen LogP contribution >= 0.6 is 11.6 Å². The number of rotatable bonds is 5. The lowest BCUT2D eigenvalue weighted by atomic mass is 10.2. The Morgan fingerprint density at radius 3 is 2.86 bits per heavy atom. The molecule has 29 heavy (non-hydrogen) atoms. The van der Waals surface area contributed by atoms with Gasteiger partial charge in [0.1, 0.15) is 24.1 Å². The fourth-order valence-corrected chi connectivity index (χ4v) is 2.66. The first kappa shape index (κ1) is 20.4. The van der Waals surface area contributed by atoms with Crippen LogP contribution in [-0.4, -0.2) is 44.6 Å². The zero-order chi connectivity index (χ0) is 21.2. The number of aromatic amines is 1. The van der Waals surface area contributed by atoms with Crippen LogP contribution in [0.1, 0.15) is 18.2 Å². The van der Waals surface area contributed by atoms with Gasteiger partial charge in [-0.1, -0.05) is 17.5 Å². The van der Waals surface area contributed by atoms with Gasteiger partial charge in [0.2, 0.25) is 5.91 Å². The summed E-state index contributed by atoms with van der Waals surface area (Å²) in [4.78, 5) is 27.6. The smallest absolute Gasteiger partial charge is 0.357 e. The highest BCUT2D eigenvalue weighted by atomic mass is 35.5. The molecular weight excluding hydrogens is 409 g/mol. The number of pyridine rings is 1. The molecule has 0 aliphatic rings. The molecule has 0 fully saturated rings. The van der Waals surface area contributed by atoms with Crippen LogP contribution in [0, 0.1) is 12.3 Å². The Morgan fingerprint density at radius 1 is 1.41 bits per heavy atom. The number of terminal acetylenes is 1. The van der Waals surface area contributed by atoms with E-state index in [2.05, 4.69) is 31.2 Å². The van der Waals surface area contributed by atoms with Crippen molar-refractivity contribution in [2.45, 2.75) is 19.1 Å². The van der Waals surface area contributed by atoms with Gasteiger partial charge in [0.05, 0.1) is 10.6 Å². The molecule has 11 heteroatoms. The van der Waals surface area contributed by atoms with Gasteiger partial charge >= 0.3 is 6.18 Å². The SMILES string of the molecule is C#Cc1cnc(-c2c[nH]c3ncc(Cl)cc23)nc1N[C@@H](C)C(=O)NCC(F)(F)F.[HH].[HH].[HH].[HH]. The monoisotopic (exact) mass is 430 g/mol. The second kappa shape index (κ2) is 7.97. The van der Waals surface area contributed by atoms with Crippen LogP contribution in [0.4, 0.5) is 19.0 Å². The highest BCUT2D eigenvalue weighted by Gasteiger charge is 2.29. The maximum atomic E-state index is 12.3. The van der Waals surface area contributed by atoms with Crippen molar-refractivity contribution >= 4 is 34.4 Å². The van der Waals surface area contributed by atoms with Gasteiger partial charge < -0.3 is 15.6 Å². The van der Waals surface area contributed by atoms with Crippen molar-refractivity contribution in [3.8, 4) is 23.7 Å². The minimum Gasteiger partial charge on any atom is -0.357 e. The number of halogens is 4. The Balaban J connectivity index is 0. The van der Waals surface area contributed by atoms with Crippen LogP contribution in [0.25, 0.3) is 22.4 Å². The number of nitrogens with zero attached hydrogens (tertiary/aromatic N) is 3. The first-order valence-electron chi connectivity index (χ1n) is 8.25. The number of hydrogen-bond donors (Lipinski definition) is 3. The van der Waals surface area contributed by atoms with Crippen LogP contribution in [0.2, 0.25) is 5.02 Å². The molecule has 0 aliphatic carbocycles. The molecule has 7 nitrogen and oxygen atoms in total. The lowest BCUT2D eigenvalue weighted by Gasteiger charge is -2.16. The number of H-pyrrole nitrogens is 1. The number of anilines is 1. The highest BCUT2D eigenvalue weighted by molar-refractivity contribution is 6.31. The number of nitrogens with one attached hydrogen (secondary N) is 3. The Kier molecular flexibility index (Phi) is 5.61. The summed E-state index contributed by atoms with van der Waals surface area (Å²) in [5.74, 6) is 1.93. The molecule has 3 N–H and O–H groups in total. The maximum Gasteiger partial charge on any atom is 0.405 e. The lowest BCUT2D eigenvalue weighted by molar-refractivity contribution is -0.138. The van der Waals surface area contributed by atoms with E-state index >= 15 is 0 Å². The number of fused-ring (bicyclic) bond motifs is 1. The molecule has 0 unspecified atom stereocenters. The molecule has 3 heterocycles. The normalized spacial score (nSPS) is 12.4. The van der Waals surface area contributed by atoms with Crippen molar-refractivity contribution in [3.05, 3.63) is 35.2 Å². The topological polar surface area (TPSA) is 95.6 Å². The van der Waals surface area contributed by atoms with Crippen molar-refractivity contribution in [2.24, 2.45) is 0 Å². The largest absolute Gasteiger partial charge is 0.405 e. The summed E-state index contributed by atoms with van der Waals surface area (Å²) in [6.45, 7) is -0.0405. The third-order valence-corrected chi connectivity index (χ3v) is 4.10. The van der Waals surface area contributed by atoms with Crippen LogP contribution in [0.5, 0.6) is 0 Å². The fourth-order valence-electron chi connectivity index (χ4n) is 2.50. The summed E-state index contributed by atoms with van der Waals surface area (Å²) in [6, 6.07) is 0.667. The predicted octanol–water partition coefficient (Wildman–Crippen LogP) is 4.12. The number of amides is 1. The molecule has 0 aliphatic heterocycles. The van der Waals surface area contributed by atoms with Crippen LogP contribution in [0.15, 0.2) is 24.7 Å². The van der Waals surface area contributed by atoms with Crippen LogP contribution in [0.3, 0.4) is 0 Å². The van der Waals surface area contributed by atoms with Crippen LogP contribution in [-0.2, 0) is 4.79 Å². The quantitative estimate of drug-likeness (QED) is 0.529. The Bertz CT molecular complexity index is 1120. The number of hydrogen-bond acceptors (Lipinski definition) is 5. The van der Waals surface area contributed by atoms with E-state index in [9.17, 15) is 18.0 Å². The minimum atomic E-state index is -4.51. The van der Waals surface area contributed by atoms with Gasteiger partial charge in [-0.05, 0) is 13.0 Å². The number of alkyl halides is 3. The second-order valence-corrected chi connectivity index (χ2v) is 6.49. The maximum absolute atomic E-state index is 12.3. The molecule has 3 aromatic rings. The van der Waals surface area contributed by atoms with Crippen molar-refractivity contribution in [1.82, 2.24) is 25.3 Å². The van der Waals surface area contributed by atoms with E-state index in [0.717, 1.165) is 0 Å². The number of carbonyl (C=O) groups is 1. The number of aromatic nitrogens is 4. The van der Waals surface area contributed by atoms with Crippen molar-refractivity contribution < 1.29 is 23.7 Å². The zero-order valence-electron chi connectivity index (χ0n) is 14.9. The van der Waals surface area contributed by atoms with E-state index in [0.29, 0.717) is 21.6 Å². The average Bonchev–Trinajstić information content (AvgIpc) is 3.08. The summed E-state index contributed by atoms with van der Waals surface area (Å²) in [7, 11) is 0. The first-order chi connectivity index (χ1) is 13.7. The average molecular weight is 431 g/mol. The van der Waals surface area contributed by atoms with Gasteiger partial charge in [0.25, 0.3) is 0 Å². The standard InChI is InChI=1S/C18H14ClF3N6O.4H2/c1-3-10-5-23-16(13-7-25-15-12(13)4-11(19)6-24-15)28-14(10)27-9(2)17(29)26-8-18(20,21)22;;;;/h1,4-7,9H,8H2,2H3,(H,24,25)(H,26,29)(H,23,27,28);4*1H/t9-;;;;/m0..../s1. The van der Waals surface area contributed by atoms with Gasteiger partial charge in [-0.15, -0.1) is 6.42 Å². The van der Waals surface area contributed by atoms with E-state index in [1.54, 1.807) is 17.6 Å². The van der Waals surface area contributed by atoms with Gasteiger partial charge in [-0.2, -0.15) is 13.2 Å². The Morgan fingerprint density at radius 2 is 2.17 bits per heavy atom. The summed E-state index contributed by atoms with van der Waals surface area (Å²) in [5, 5.41) is 5.63. The van der Waals surface area contributed by atoms with Gasteiger partial charge in [0.15, 0.2) is 5.82 Å². The molecule has 1 atom stereocenters. The molecule has 3 aromatic heterocycles. The number of carbonyl (C=O) groups excluding carboxylic acids is 1. The molecule has 0 aromatic carbocycles. The zero-order valence-corrected chi connectivity index (χ0v) is 15.7. The van der Waals surface area contributed by atoms with Crippen molar-refractivity contribution in [3.63, 3.8) is 0 Å². The molecule has 0 saturated carbocycles. The van der Waals surface area contributed by atoms with E-state index in [4.69, 9.17) is 18.0 Å². The molecule has 0 saturated heterocycles. The molecule has 0 bridgehead atoms. The summed E-state index contributed by atoms with van der Waals surface area (Å²) >= 11 is 6.00.